The molecule has 2 rings (SSSR count). The predicted octanol–water partition coefficient (Wildman–Crippen LogP) is 5.26. The van der Waals surface area contributed by atoms with Crippen LogP contribution in [0, 0.1) is 6.92 Å². The molecule has 2 aromatic carbocycles. The number of nitrogens with two attached hydrogens (primary N) is 2. The van der Waals surface area contributed by atoms with Crippen molar-refractivity contribution in [3.8, 4) is 11.5 Å². The van der Waals surface area contributed by atoms with Crippen LogP contribution in [0.25, 0.3) is 0 Å². The van der Waals surface area contributed by atoms with E-state index in [0.29, 0.717) is 18.8 Å². The second kappa shape index (κ2) is 11.7. The standard InChI is InChI=1S/C26H39N3O2/c1-6-7-16-31-25-14-11-23(18-20(25)2)26(4,5)22-9-12-24(13-10-22)30-17-8-15-29(28)19-21(3)27/h9-14,18-19H,6-8,15-17,27-28H2,1-5H3/b21-19-. The summed E-state index contributed by atoms with van der Waals surface area (Å²) in [6, 6.07) is 14.9. The van der Waals surface area contributed by atoms with Crippen LogP contribution in [-0.2, 0) is 5.41 Å². The summed E-state index contributed by atoms with van der Waals surface area (Å²) >= 11 is 0. The van der Waals surface area contributed by atoms with Crippen molar-refractivity contribution in [3.63, 3.8) is 0 Å². The summed E-state index contributed by atoms with van der Waals surface area (Å²) in [5.74, 6) is 7.68. The number of aryl methyl sites for hydroxylation is 1. The molecule has 5 nitrogen and oxygen atoms in total. The van der Waals surface area contributed by atoms with E-state index >= 15 is 0 Å². The Morgan fingerprint density at radius 1 is 1.00 bits per heavy atom. The number of benzene rings is 2. The van der Waals surface area contributed by atoms with Crippen LogP contribution in [0.3, 0.4) is 0 Å². The lowest BCUT2D eigenvalue weighted by molar-refractivity contribution is 0.278. The molecule has 0 unspecified atom stereocenters. The third-order valence-electron chi connectivity index (χ3n) is 5.43. The quantitative estimate of drug-likeness (QED) is 0.275. The number of hydrogen-bond donors (Lipinski definition) is 2. The normalized spacial score (nSPS) is 12.0. The van der Waals surface area contributed by atoms with E-state index in [1.54, 1.807) is 11.2 Å². The second-order valence-corrected chi connectivity index (χ2v) is 8.64. The Bertz CT molecular complexity index is 840. The van der Waals surface area contributed by atoms with Crippen LogP contribution in [0.1, 0.15) is 63.6 Å². The third kappa shape index (κ3) is 7.51. The Balaban J connectivity index is 1.96. The molecule has 2 aromatic rings. The largest absolute Gasteiger partial charge is 0.494 e. The molecule has 0 aliphatic carbocycles. The van der Waals surface area contributed by atoms with Crippen LogP contribution >= 0.6 is 0 Å². The molecule has 0 atom stereocenters. The molecular weight excluding hydrogens is 386 g/mol. The van der Waals surface area contributed by atoms with Gasteiger partial charge in [0.05, 0.1) is 13.2 Å². The van der Waals surface area contributed by atoms with E-state index in [4.69, 9.17) is 21.1 Å². The van der Waals surface area contributed by atoms with Gasteiger partial charge >= 0.3 is 0 Å². The highest BCUT2D eigenvalue weighted by Crippen LogP contribution is 2.34. The van der Waals surface area contributed by atoms with Gasteiger partial charge in [0.2, 0.25) is 0 Å². The number of nitrogens with zero attached hydrogens (tertiary/aromatic N) is 1. The maximum atomic E-state index is 5.91. The van der Waals surface area contributed by atoms with Crippen molar-refractivity contribution < 1.29 is 9.47 Å². The summed E-state index contributed by atoms with van der Waals surface area (Å²) in [6.45, 7) is 12.7. The highest BCUT2D eigenvalue weighted by Gasteiger charge is 2.23. The minimum absolute atomic E-state index is 0.113. The number of ether oxygens (including phenoxy) is 2. The Morgan fingerprint density at radius 2 is 1.65 bits per heavy atom. The summed E-state index contributed by atoms with van der Waals surface area (Å²) in [6.07, 6.45) is 4.76. The van der Waals surface area contributed by atoms with Gasteiger partial charge in [-0.1, -0.05) is 51.5 Å². The Kier molecular flexibility index (Phi) is 9.25. The van der Waals surface area contributed by atoms with E-state index in [2.05, 4.69) is 58.0 Å². The highest BCUT2D eigenvalue weighted by molar-refractivity contribution is 5.45. The zero-order valence-electron chi connectivity index (χ0n) is 19.8. The van der Waals surface area contributed by atoms with Crippen LogP contribution in [0.4, 0.5) is 0 Å². The summed E-state index contributed by atoms with van der Waals surface area (Å²) in [7, 11) is 0. The van der Waals surface area contributed by atoms with Crippen molar-refractivity contribution in [2.24, 2.45) is 11.6 Å². The lowest BCUT2D eigenvalue weighted by atomic mass is 9.77. The number of hydrazine groups is 1. The number of hydrogen-bond acceptors (Lipinski definition) is 5. The first-order chi connectivity index (χ1) is 14.7. The molecule has 0 heterocycles. The Hall–Kier alpha value is -2.66. The molecule has 0 spiro atoms. The highest BCUT2D eigenvalue weighted by atomic mass is 16.5. The van der Waals surface area contributed by atoms with E-state index in [9.17, 15) is 0 Å². The van der Waals surface area contributed by atoms with Gasteiger partial charge in [-0.25, -0.2) is 5.84 Å². The summed E-state index contributed by atoms with van der Waals surface area (Å²) in [5.41, 5.74) is 9.89. The van der Waals surface area contributed by atoms with Crippen molar-refractivity contribution in [2.75, 3.05) is 19.8 Å². The van der Waals surface area contributed by atoms with E-state index in [1.165, 1.54) is 16.7 Å². The van der Waals surface area contributed by atoms with Crippen molar-refractivity contribution in [1.29, 1.82) is 0 Å². The molecule has 0 saturated carbocycles. The topological polar surface area (TPSA) is 73.7 Å². The zero-order chi connectivity index (χ0) is 22.9. The van der Waals surface area contributed by atoms with E-state index in [-0.39, 0.29) is 5.41 Å². The van der Waals surface area contributed by atoms with Gasteiger partial charge in [0, 0.05) is 30.3 Å². The van der Waals surface area contributed by atoms with Gasteiger partial charge in [-0.15, -0.1) is 0 Å². The van der Waals surface area contributed by atoms with Crippen molar-refractivity contribution in [2.45, 2.75) is 59.3 Å². The minimum Gasteiger partial charge on any atom is -0.494 e. The van der Waals surface area contributed by atoms with Gasteiger partial charge < -0.3 is 20.2 Å². The average molecular weight is 426 g/mol. The fourth-order valence-electron chi connectivity index (χ4n) is 3.42. The van der Waals surface area contributed by atoms with Gasteiger partial charge in [0.25, 0.3) is 0 Å². The van der Waals surface area contributed by atoms with Crippen LogP contribution in [0.15, 0.2) is 54.4 Å². The van der Waals surface area contributed by atoms with Crippen LogP contribution in [-0.4, -0.2) is 24.8 Å². The molecular formula is C26H39N3O2. The first kappa shape index (κ1) is 24.6. The van der Waals surface area contributed by atoms with Crippen molar-refractivity contribution in [3.05, 3.63) is 71.1 Å². The number of allylic oxidation sites excluding steroid dienone is 1. The molecule has 0 amide bonds. The van der Waals surface area contributed by atoms with Gasteiger partial charge in [-0.3, -0.25) is 0 Å². The molecule has 0 bridgehead atoms. The molecule has 5 heteroatoms. The van der Waals surface area contributed by atoms with E-state index in [1.807, 2.05) is 19.1 Å². The van der Waals surface area contributed by atoms with Crippen molar-refractivity contribution in [1.82, 2.24) is 5.01 Å². The molecule has 0 fully saturated rings. The van der Waals surface area contributed by atoms with Crippen LogP contribution < -0.4 is 21.1 Å². The molecule has 0 aliphatic heterocycles. The fraction of sp³-hybridized carbons (Fsp3) is 0.462. The molecule has 4 N–H and O–H groups in total. The minimum atomic E-state index is -0.113. The molecule has 31 heavy (non-hydrogen) atoms. The predicted molar refractivity (Wildman–Crippen MR) is 129 cm³/mol. The summed E-state index contributed by atoms with van der Waals surface area (Å²) < 4.78 is 11.8. The monoisotopic (exact) mass is 425 g/mol. The van der Waals surface area contributed by atoms with Crippen molar-refractivity contribution >= 4 is 0 Å². The van der Waals surface area contributed by atoms with E-state index in [0.717, 1.165) is 37.4 Å². The fourth-order valence-corrected chi connectivity index (χ4v) is 3.42. The average Bonchev–Trinajstić information content (AvgIpc) is 2.72. The van der Waals surface area contributed by atoms with E-state index < -0.39 is 0 Å². The Labute approximate surface area is 188 Å². The number of rotatable bonds is 12. The molecule has 0 aromatic heterocycles. The first-order valence-corrected chi connectivity index (χ1v) is 11.2. The van der Waals surface area contributed by atoms with Gasteiger partial charge in [-0.05, 0) is 55.2 Å². The third-order valence-corrected chi connectivity index (χ3v) is 5.43. The number of unbranched alkanes of at least 4 members (excludes halogenated alkanes) is 1. The van der Waals surface area contributed by atoms with Crippen LogP contribution in [0.5, 0.6) is 11.5 Å². The molecule has 170 valence electrons. The Morgan fingerprint density at radius 3 is 2.26 bits per heavy atom. The van der Waals surface area contributed by atoms with Gasteiger partial charge in [0.1, 0.15) is 11.5 Å². The smallest absolute Gasteiger partial charge is 0.122 e. The molecule has 0 radical (unpaired) electrons. The van der Waals surface area contributed by atoms with Gasteiger partial charge in [0.15, 0.2) is 0 Å². The van der Waals surface area contributed by atoms with Crippen LogP contribution in [0.2, 0.25) is 0 Å². The molecule has 0 saturated heterocycles. The summed E-state index contributed by atoms with van der Waals surface area (Å²) in [4.78, 5) is 0. The lowest BCUT2D eigenvalue weighted by Gasteiger charge is -2.27. The summed E-state index contributed by atoms with van der Waals surface area (Å²) in [5, 5.41) is 1.59. The van der Waals surface area contributed by atoms with Gasteiger partial charge in [-0.2, -0.15) is 0 Å². The first-order valence-electron chi connectivity index (χ1n) is 11.2. The SMILES string of the molecule is CCCCOc1ccc(C(C)(C)c2ccc(OCCCN(N)/C=C(/C)N)cc2)cc1C. The lowest BCUT2D eigenvalue weighted by Crippen LogP contribution is -2.28. The second-order valence-electron chi connectivity index (χ2n) is 8.64. The molecule has 0 aliphatic rings. The zero-order valence-corrected chi connectivity index (χ0v) is 19.8. The maximum absolute atomic E-state index is 5.91. The maximum Gasteiger partial charge on any atom is 0.122 e.